The Morgan fingerprint density at radius 3 is 2.92 bits per heavy atom. The summed E-state index contributed by atoms with van der Waals surface area (Å²) < 4.78 is 0. The van der Waals surface area contributed by atoms with Crippen molar-refractivity contribution in [1.82, 2.24) is 10.3 Å². The minimum absolute atomic E-state index is 0.546. The third kappa shape index (κ3) is 2.78. The number of thiazole rings is 1. The van der Waals surface area contributed by atoms with Crippen molar-refractivity contribution in [2.45, 2.75) is 25.9 Å². The monoisotopic (exact) mass is 200 g/mol. The van der Waals surface area contributed by atoms with Gasteiger partial charge in [0.05, 0.1) is 5.51 Å². The summed E-state index contributed by atoms with van der Waals surface area (Å²) in [5, 5.41) is 11.7. The van der Waals surface area contributed by atoms with Crippen molar-refractivity contribution in [2.24, 2.45) is 0 Å². The Balaban J connectivity index is 2.47. The third-order valence-electron chi connectivity index (χ3n) is 1.72. The van der Waals surface area contributed by atoms with Crippen LogP contribution in [0.5, 0.6) is 0 Å². The van der Waals surface area contributed by atoms with Crippen LogP contribution in [0.4, 0.5) is 0 Å². The van der Waals surface area contributed by atoms with Gasteiger partial charge in [0.1, 0.15) is 5.54 Å². The third-order valence-corrected chi connectivity index (χ3v) is 2.50. The Bertz CT molecular complexity index is 282. The second-order valence-corrected chi connectivity index (χ2v) is 4.22. The average molecular weight is 200 g/mol. The van der Waals surface area contributed by atoms with E-state index in [4.69, 9.17) is 5.11 Å². The van der Waals surface area contributed by atoms with Crippen molar-refractivity contribution >= 4 is 17.3 Å². The van der Waals surface area contributed by atoms with E-state index in [0.717, 1.165) is 4.88 Å². The van der Waals surface area contributed by atoms with Gasteiger partial charge in [0.25, 0.3) is 0 Å². The minimum atomic E-state index is -0.885. The van der Waals surface area contributed by atoms with Crippen LogP contribution >= 0.6 is 11.3 Å². The summed E-state index contributed by atoms with van der Waals surface area (Å²) in [6.45, 7) is 3.82. The van der Waals surface area contributed by atoms with Crippen LogP contribution in [0.15, 0.2) is 11.7 Å². The molecule has 1 aromatic rings. The van der Waals surface area contributed by atoms with Gasteiger partial charge in [-0.3, -0.25) is 15.1 Å². The van der Waals surface area contributed by atoms with Gasteiger partial charge in [-0.05, 0) is 13.8 Å². The average Bonchev–Trinajstić information content (AvgIpc) is 2.52. The van der Waals surface area contributed by atoms with Gasteiger partial charge < -0.3 is 5.11 Å². The fourth-order valence-electron chi connectivity index (χ4n) is 0.713. The van der Waals surface area contributed by atoms with E-state index in [1.165, 1.54) is 11.3 Å². The van der Waals surface area contributed by atoms with Crippen molar-refractivity contribution in [3.63, 3.8) is 0 Å². The molecule has 0 saturated heterocycles. The highest BCUT2D eigenvalue weighted by atomic mass is 32.1. The summed E-state index contributed by atoms with van der Waals surface area (Å²) in [5.74, 6) is -0.850. The number of nitrogens with one attached hydrogen (secondary N) is 1. The molecule has 0 aliphatic carbocycles. The molecule has 0 aromatic carbocycles. The van der Waals surface area contributed by atoms with Crippen molar-refractivity contribution < 1.29 is 9.90 Å². The van der Waals surface area contributed by atoms with Crippen molar-refractivity contribution in [1.29, 1.82) is 0 Å². The van der Waals surface area contributed by atoms with E-state index in [9.17, 15) is 4.79 Å². The molecular weight excluding hydrogens is 188 g/mol. The number of carbonyl (C=O) groups is 1. The number of rotatable bonds is 4. The first-order valence-electron chi connectivity index (χ1n) is 3.88. The maximum Gasteiger partial charge on any atom is 0.323 e. The number of carboxylic acids is 1. The lowest BCUT2D eigenvalue weighted by molar-refractivity contribution is -0.143. The van der Waals surface area contributed by atoms with Gasteiger partial charge in [0.2, 0.25) is 0 Å². The normalized spacial score (nSPS) is 11.5. The highest BCUT2D eigenvalue weighted by molar-refractivity contribution is 7.09. The van der Waals surface area contributed by atoms with Crippen LogP contribution in [0.1, 0.15) is 18.7 Å². The second kappa shape index (κ2) is 3.85. The van der Waals surface area contributed by atoms with Crippen LogP contribution in [0.3, 0.4) is 0 Å². The standard InChI is InChI=1S/C8H12N2O2S/c1-8(2,7(11)12)10-4-6-3-9-5-13-6/h3,5,10H,4H2,1-2H3,(H,11,12). The van der Waals surface area contributed by atoms with E-state index < -0.39 is 11.5 Å². The number of aliphatic carboxylic acids is 1. The predicted molar refractivity (Wildman–Crippen MR) is 50.7 cm³/mol. The lowest BCUT2D eigenvalue weighted by atomic mass is 10.1. The highest BCUT2D eigenvalue weighted by Crippen LogP contribution is 2.08. The summed E-state index contributed by atoms with van der Waals surface area (Å²) in [6.07, 6.45) is 1.73. The first kappa shape index (κ1) is 10.1. The van der Waals surface area contributed by atoms with Gasteiger partial charge >= 0.3 is 5.97 Å². The molecule has 0 atom stereocenters. The first-order chi connectivity index (χ1) is 6.02. The maximum atomic E-state index is 10.7. The summed E-state index contributed by atoms with van der Waals surface area (Å²) in [7, 11) is 0. The van der Waals surface area contributed by atoms with Crippen LogP contribution in [-0.2, 0) is 11.3 Å². The summed E-state index contributed by atoms with van der Waals surface area (Å²) in [4.78, 5) is 15.6. The Morgan fingerprint density at radius 1 is 1.77 bits per heavy atom. The van der Waals surface area contributed by atoms with Gasteiger partial charge in [-0.25, -0.2) is 0 Å². The summed E-state index contributed by atoms with van der Waals surface area (Å²) in [6, 6.07) is 0. The van der Waals surface area contributed by atoms with Crippen LogP contribution in [0.2, 0.25) is 0 Å². The minimum Gasteiger partial charge on any atom is -0.480 e. The van der Waals surface area contributed by atoms with E-state index in [1.54, 1.807) is 25.6 Å². The van der Waals surface area contributed by atoms with E-state index in [-0.39, 0.29) is 0 Å². The molecule has 0 unspecified atom stereocenters. The fourth-order valence-corrected chi connectivity index (χ4v) is 1.25. The van der Waals surface area contributed by atoms with E-state index in [1.807, 2.05) is 0 Å². The lowest BCUT2D eigenvalue weighted by Gasteiger charge is -2.20. The molecule has 13 heavy (non-hydrogen) atoms. The number of hydrogen-bond donors (Lipinski definition) is 2. The lowest BCUT2D eigenvalue weighted by Crippen LogP contribution is -2.45. The summed E-state index contributed by atoms with van der Waals surface area (Å²) >= 11 is 1.51. The smallest absolute Gasteiger partial charge is 0.323 e. The Hall–Kier alpha value is -0.940. The SMILES string of the molecule is CC(C)(NCc1cncs1)C(=O)O. The molecule has 0 aliphatic rings. The maximum absolute atomic E-state index is 10.7. The Labute approximate surface area is 80.6 Å². The zero-order valence-electron chi connectivity index (χ0n) is 7.57. The molecule has 1 aromatic heterocycles. The van der Waals surface area contributed by atoms with E-state index in [0.29, 0.717) is 6.54 Å². The van der Waals surface area contributed by atoms with Crippen molar-refractivity contribution in [3.05, 3.63) is 16.6 Å². The summed E-state index contributed by atoms with van der Waals surface area (Å²) in [5.41, 5.74) is 0.842. The van der Waals surface area contributed by atoms with Crippen LogP contribution < -0.4 is 5.32 Å². The molecule has 2 N–H and O–H groups in total. The molecule has 0 radical (unpaired) electrons. The molecule has 0 amide bonds. The Morgan fingerprint density at radius 2 is 2.46 bits per heavy atom. The first-order valence-corrected chi connectivity index (χ1v) is 4.76. The second-order valence-electron chi connectivity index (χ2n) is 3.25. The number of nitrogens with zero attached hydrogens (tertiary/aromatic N) is 1. The predicted octanol–water partition coefficient (Wildman–Crippen LogP) is 1.10. The van der Waals surface area contributed by atoms with Crippen LogP contribution in [0.25, 0.3) is 0 Å². The van der Waals surface area contributed by atoms with Crippen LogP contribution in [0, 0.1) is 0 Å². The highest BCUT2D eigenvalue weighted by Gasteiger charge is 2.25. The molecule has 0 bridgehead atoms. The number of carboxylic acid groups (broad SMARTS) is 1. The van der Waals surface area contributed by atoms with Gasteiger partial charge in [0, 0.05) is 17.6 Å². The molecule has 72 valence electrons. The molecule has 4 nitrogen and oxygen atoms in total. The molecule has 0 aliphatic heterocycles. The molecule has 1 heterocycles. The largest absolute Gasteiger partial charge is 0.480 e. The van der Waals surface area contributed by atoms with Gasteiger partial charge in [0.15, 0.2) is 0 Å². The molecule has 0 spiro atoms. The number of aromatic nitrogens is 1. The Kier molecular flexibility index (Phi) is 3.00. The molecule has 1 rings (SSSR count). The van der Waals surface area contributed by atoms with E-state index in [2.05, 4.69) is 10.3 Å². The van der Waals surface area contributed by atoms with E-state index >= 15 is 0 Å². The van der Waals surface area contributed by atoms with Crippen molar-refractivity contribution in [3.8, 4) is 0 Å². The van der Waals surface area contributed by atoms with Gasteiger partial charge in [-0.2, -0.15) is 0 Å². The van der Waals surface area contributed by atoms with Gasteiger partial charge in [-0.1, -0.05) is 0 Å². The van der Waals surface area contributed by atoms with Crippen molar-refractivity contribution in [2.75, 3.05) is 0 Å². The molecular formula is C8H12N2O2S. The van der Waals surface area contributed by atoms with Gasteiger partial charge in [-0.15, -0.1) is 11.3 Å². The molecule has 0 fully saturated rings. The fraction of sp³-hybridized carbons (Fsp3) is 0.500. The number of hydrogen-bond acceptors (Lipinski definition) is 4. The molecule has 5 heteroatoms. The zero-order chi connectivity index (χ0) is 9.90. The quantitative estimate of drug-likeness (QED) is 0.764. The zero-order valence-corrected chi connectivity index (χ0v) is 8.39. The molecule has 0 saturated carbocycles. The van der Waals surface area contributed by atoms with Crippen LogP contribution in [-0.4, -0.2) is 21.6 Å². The topological polar surface area (TPSA) is 62.2 Å².